The molecule has 0 saturated heterocycles. The van der Waals surface area contributed by atoms with Gasteiger partial charge in [0.2, 0.25) is 0 Å². The quantitative estimate of drug-likeness (QED) is 0.835. The predicted octanol–water partition coefficient (Wildman–Crippen LogP) is 4.75. The second-order valence-corrected chi connectivity index (χ2v) is 4.82. The molecule has 1 N–H and O–H groups in total. The highest BCUT2D eigenvalue weighted by Crippen LogP contribution is 2.37. The molecule has 0 fully saturated rings. The molecular formula is C18H22O. The predicted molar refractivity (Wildman–Crippen MR) is 81.7 cm³/mol. The second-order valence-electron chi connectivity index (χ2n) is 4.82. The van der Waals surface area contributed by atoms with E-state index in [1.165, 1.54) is 11.1 Å². The van der Waals surface area contributed by atoms with Gasteiger partial charge in [0, 0.05) is 5.56 Å². The fourth-order valence-corrected chi connectivity index (χ4v) is 2.80. The molecule has 0 aliphatic heterocycles. The van der Waals surface area contributed by atoms with Crippen LogP contribution >= 0.6 is 0 Å². The third kappa shape index (κ3) is 2.51. The van der Waals surface area contributed by atoms with E-state index in [2.05, 4.69) is 39.0 Å². The Balaban J connectivity index is 2.69. The lowest BCUT2D eigenvalue weighted by Crippen LogP contribution is -2.00. The highest BCUT2D eigenvalue weighted by atomic mass is 16.3. The smallest absolute Gasteiger partial charge is 0.126 e. The van der Waals surface area contributed by atoms with Crippen molar-refractivity contribution in [2.45, 2.75) is 40.0 Å². The molecule has 2 rings (SSSR count). The molecule has 0 aromatic heterocycles. The SMILES string of the molecule is CCc1cc(-c2ccccc2)c(O)c(CC)c1CC. The van der Waals surface area contributed by atoms with Crippen LogP contribution in [0.4, 0.5) is 0 Å². The molecular weight excluding hydrogens is 232 g/mol. The van der Waals surface area contributed by atoms with Crippen molar-refractivity contribution in [3.05, 3.63) is 53.1 Å². The standard InChI is InChI=1S/C18H22O/c1-4-13-12-17(14-10-8-7-9-11-14)18(19)16(6-3)15(13)5-2/h7-12,19H,4-6H2,1-3H3. The molecule has 0 amide bonds. The van der Waals surface area contributed by atoms with Gasteiger partial charge < -0.3 is 5.11 Å². The van der Waals surface area contributed by atoms with E-state index in [4.69, 9.17) is 0 Å². The number of rotatable bonds is 4. The third-order valence-corrected chi connectivity index (χ3v) is 3.78. The molecule has 0 aliphatic carbocycles. The van der Waals surface area contributed by atoms with Gasteiger partial charge in [0.1, 0.15) is 5.75 Å². The minimum absolute atomic E-state index is 0.461. The highest BCUT2D eigenvalue weighted by molar-refractivity contribution is 5.74. The van der Waals surface area contributed by atoms with Crippen LogP contribution in [0.2, 0.25) is 0 Å². The minimum atomic E-state index is 0.461. The summed E-state index contributed by atoms with van der Waals surface area (Å²) in [6, 6.07) is 12.3. The molecule has 100 valence electrons. The van der Waals surface area contributed by atoms with Gasteiger partial charge >= 0.3 is 0 Å². The number of aryl methyl sites for hydroxylation is 1. The summed E-state index contributed by atoms with van der Waals surface area (Å²) in [5.41, 5.74) is 5.84. The van der Waals surface area contributed by atoms with E-state index in [-0.39, 0.29) is 0 Å². The van der Waals surface area contributed by atoms with E-state index in [0.717, 1.165) is 36.0 Å². The summed E-state index contributed by atoms with van der Waals surface area (Å²) in [7, 11) is 0. The van der Waals surface area contributed by atoms with E-state index >= 15 is 0 Å². The minimum Gasteiger partial charge on any atom is -0.507 e. The Labute approximate surface area is 115 Å². The van der Waals surface area contributed by atoms with Gasteiger partial charge in [-0.05, 0) is 47.6 Å². The van der Waals surface area contributed by atoms with Crippen LogP contribution in [0.5, 0.6) is 5.75 Å². The first-order valence-corrected chi connectivity index (χ1v) is 7.14. The lowest BCUT2D eigenvalue weighted by atomic mass is 9.89. The number of hydrogen-bond acceptors (Lipinski definition) is 1. The van der Waals surface area contributed by atoms with Crippen LogP contribution in [0, 0.1) is 0 Å². The number of benzene rings is 2. The van der Waals surface area contributed by atoms with Crippen molar-refractivity contribution in [2.24, 2.45) is 0 Å². The molecule has 0 aliphatic rings. The molecule has 0 radical (unpaired) electrons. The normalized spacial score (nSPS) is 10.7. The van der Waals surface area contributed by atoms with Crippen LogP contribution < -0.4 is 0 Å². The Hall–Kier alpha value is -1.76. The van der Waals surface area contributed by atoms with Crippen molar-refractivity contribution in [3.8, 4) is 16.9 Å². The van der Waals surface area contributed by atoms with Crippen molar-refractivity contribution < 1.29 is 5.11 Å². The monoisotopic (exact) mass is 254 g/mol. The van der Waals surface area contributed by atoms with E-state index in [0.29, 0.717) is 5.75 Å². The van der Waals surface area contributed by atoms with E-state index in [1.54, 1.807) is 0 Å². The summed E-state index contributed by atoms with van der Waals surface area (Å²) >= 11 is 0. The van der Waals surface area contributed by atoms with E-state index in [9.17, 15) is 5.11 Å². The van der Waals surface area contributed by atoms with Crippen LogP contribution in [0.1, 0.15) is 37.5 Å². The van der Waals surface area contributed by atoms with Crippen LogP contribution in [0.15, 0.2) is 36.4 Å². The zero-order valence-electron chi connectivity index (χ0n) is 12.0. The van der Waals surface area contributed by atoms with Crippen molar-refractivity contribution in [3.63, 3.8) is 0 Å². The highest BCUT2D eigenvalue weighted by Gasteiger charge is 2.15. The summed E-state index contributed by atoms with van der Waals surface area (Å²) in [5.74, 6) is 0.461. The molecule has 0 atom stereocenters. The van der Waals surface area contributed by atoms with Crippen LogP contribution in [0.25, 0.3) is 11.1 Å². The Morgan fingerprint density at radius 3 is 2.00 bits per heavy atom. The largest absolute Gasteiger partial charge is 0.507 e. The first kappa shape index (κ1) is 13.7. The lowest BCUT2D eigenvalue weighted by molar-refractivity contribution is 0.469. The van der Waals surface area contributed by atoms with Gasteiger partial charge in [0.05, 0.1) is 0 Å². The Morgan fingerprint density at radius 1 is 0.842 bits per heavy atom. The Kier molecular flexibility index (Phi) is 4.26. The van der Waals surface area contributed by atoms with Crippen molar-refractivity contribution >= 4 is 0 Å². The van der Waals surface area contributed by atoms with Crippen LogP contribution in [0.3, 0.4) is 0 Å². The fourth-order valence-electron chi connectivity index (χ4n) is 2.80. The number of phenols is 1. The Bertz CT molecular complexity index is 556. The van der Waals surface area contributed by atoms with Gasteiger partial charge in [-0.15, -0.1) is 0 Å². The molecule has 2 aromatic rings. The molecule has 0 saturated carbocycles. The van der Waals surface area contributed by atoms with Gasteiger partial charge in [-0.3, -0.25) is 0 Å². The second kappa shape index (κ2) is 5.92. The van der Waals surface area contributed by atoms with Crippen molar-refractivity contribution in [1.82, 2.24) is 0 Å². The topological polar surface area (TPSA) is 20.2 Å². The number of aromatic hydroxyl groups is 1. The van der Waals surface area contributed by atoms with Gasteiger partial charge in [0.15, 0.2) is 0 Å². The van der Waals surface area contributed by atoms with E-state index < -0.39 is 0 Å². The van der Waals surface area contributed by atoms with Crippen LogP contribution in [-0.2, 0) is 19.3 Å². The molecule has 2 aromatic carbocycles. The molecule has 0 bridgehead atoms. The average Bonchev–Trinajstić information content (AvgIpc) is 2.47. The summed E-state index contributed by atoms with van der Waals surface area (Å²) in [4.78, 5) is 0. The van der Waals surface area contributed by atoms with Gasteiger partial charge in [-0.2, -0.15) is 0 Å². The molecule has 1 nitrogen and oxygen atoms in total. The summed E-state index contributed by atoms with van der Waals surface area (Å²) < 4.78 is 0. The molecule has 1 heteroatoms. The van der Waals surface area contributed by atoms with Crippen molar-refractivity contribution in [2.75, 3.05) is 0 Å². The fraction of sp³-hybridized carbons (Fsp3) is 0.333. The zero-order valence-corrected chi connectivity index (χ0v) is 12.0. The van der Waals surface area contributed by atoms with Crippen LogP contribution in [-0.4, -0.2) is 5.11 Å². The maximum Gasteiger partial charge on any atom is 0.126 e. The van der Waals surface area contributed by atoms with Gasteiger partial charge in [-0.1, -0.05) is 51.1 Å². The van der Waals surface area contributed by atoms with Gasteiger partial charge in [-0.25, -0.2) is 0 Å². The first-order valence-electron chi connectivity index (χ1n) is 7.14. The number of hydrogen-bond donors (Lipinski definition) is 1. The Morgan fingerprint density at radius 2 is 1.47 bits per heavy atom. The van der Waals surface area contributed by atoms with Crippen molar-refractivity contribution in [1.29, 1.82) is 0 Å². The molecule has 0 spiro atoms. The first-order chi connectivity index (χ1) is 9.22. The van der Waals surface area contributed by atoms with Gasteiger partial charge in [0.25, 0.3) is 0 Å². The average molecular weight is 254 g/mol. The summed E-state index contributed by atoms with van der Waals surface area (Å²) in [5, 5.41) is 10.6. The summed E-state index contributed by atoms with van der Waals surface area (Å²) in [6.45, 7) is 6.46. The third-order valence-electron chi connectivity index (χ3n) is 3.78. The maximum atomic E-state index is 10.6. The maximum absolute atomic E-state index is 10.6. The zero-order chi connectivity index (χ0) is 13.8. The lowest BCUT2D eigenvalue weighted by Gasteiger charge is -2.17. The number of phenolic OH excluding ortho intramolecular Hbond substituents is 1. The molecule has 19 heavy (non-hydrogen) atoms. The molecule has 0 heterocycles. The van der Waals surface area contributed by atoms with E-state index in [1.807, 2.05) is 18.2 Å². The summed E-state index contributed by atoms with van der Waals surface area (Å²) in [6.07, 6.45) is 2.87. The molecule has 0 unspecified atom stereocenters.